The van der Waals surface area contributed by atoms with Crippen LogP contribution >= 0.6 is 22.9 Å². The van der Waals surface area contributed by atoms with Gasteiger partial charge in [-0.3, -0.25) is 4.79 Å². The predicted molar refractivity (Wildman–Crippen MR) is 154 cm³/mol. The lowest BCUT2D eigenvalue weighted by atomic mass is 9.98. The number of nitrogens with zero attached hydrogens (tertiary/aromatic N) is 1. The summed E-state index contributed by atoms with van der Waals surface area (Å²) in [6.07, 6.45) is 0.672. The Bertz CT molecular complexity index is 1580. The molecular formula is C30H26ClN3O2S. The lowest BCUT2D eigenvalue weighted by Gasteiger charge is -2.10. The molecule has 5 aromatic rings. The molecule has 0 aliphatic heterocycles. The van der Waals surface area contributed by atoms with Crippen molar-refractivity contribution in [2.75, 3.05) is 19.4 Å². The summed E-state index contributed by atoms with van der Waals surface area (Å²) in [5.41, 5.74) is 13.0. The number of benzene rings is 3. The van der Waals surface area contributed by atoms with E-state index in [-0.39, 0.29) is 5.91 Å². The lowest BCUT2D eigenvalue weighted by molar-refractivity contribution is 0.0959. The zero-order chi connectivity index (χ0) is 25.9. The van der Waals surface area contributed by atoms with Gasteiger partial charge >= 0.3 is 0 Å². The average Bonchev–Trinajstić information content (AvgIpc) is 3.25. The quantitative estimate of drug-likeness (QED) is 0.235. The minimum atomic E-state index is -0.205. The molecular weight excluding hydrogens is 502 g/mol. The summed E-state index contributed by atoms with van der Waals surface area (Å²) in [4.78, 5) is 19.3. The first-order chi connectivity index (χ1) is 17.9. The van der Waals surface area contributed by atoms with E-state index in [1.165, 1.54) is 16.9 Å². The molecule has 3 N–H and O–H groups in total. The third kappa shape index (κ3) is 5.31. The van der Waals surface area contributed by atoms with E-state index in [4.69, 9.17) is 27.1 Å². The standard InChI is InChI=1S/C30H26ClN3O2S/c1-18-6-8-20(9-7-18)24-17-25(21-10-12-23(36-2)13-11-21)34-30-26(24)27(32)28(37-30)29(35)33-15-14-19-4-3-5-22(31)16-19/h3-13,16-17H,14-15,32H2,1-2H3,(H,33,35). The lowest BCUT2D eigenvalue weighted by Crippen LogP contribution is -2.25. The Morgan fingerprint density at radius 1 is 1.03 bits per heavy atom. The highest BCUT2D eigenvalue weighted by Crippen LogP contribution is 2.41. The second-order valence-corrected chi connectivity index (χ2v) is 10.2. The molecule has 0 saturated carbocycles. The maximum atomic E-state index is 13.2. The number of anilines is 1. The predicted octanol–water partition coefficient (Wildman–Crippen LogP) is 7.16. The highest BCUT2D eigenvalue weighted by molar-refractivity contribution is 7.21. The number of nitrogens with two attached hydrogens (primary N) is 1. The highest BCUT2D eigenvalue weighted by Gasteiger charge is 2.21. The van der Waals surface area contributed by atoms with Crippen molar-refractivity contribution in [3.63, 3.8) is 0 Å². The van der Waals surface area contributed by atoms with Gasteiger partial charge < -0.3 is 15.8 Å². The molecule has 0 atom stereocenters. The number of methoxy groups -OCH3 is 1. The number of thiophene rings is 1. The molecule has 0 radical (unpaired) electrons. The fourth-order valence-electron chi connectivity index (χ4n) is 4.25. The summed E-state index contributed by atoms with van der Waals surface area (Å²) in [6, 6.07) is 25.7. The molecule has 0 unspecified atom stereocenters. The maximum Gasteiger partial charge on any atom is 0.263 e. The summed E-state index contributed by atoms with van der Waals surface area (Å²) in [7, 11) is 1.64. The van der Waals surface area contributed by atoms with Crippen LogP contribution in [0.5, 0.6) is 5.75 Å². The molecule has 2 heterocycles. The molecule has 0 bridgehead atoms. The molecule has 0 fully saturated rings. The van der Waals surface area contributed by atoms with Crippen molar-refractivity contribution in [3.05, 3.63) is 99.9 Å². The second-order valence-electron chi connectivity index (χ2n) is 8.81. The van der Waals surface area contributed by atoms with Crippen LogP contribution in [0, 0.1) is 6.92 Å². The number of rotatable bonds is 7. The van der Waals surface area contributed by atoms with Crippen molar-refractivity contribution in [1.82, 2.24) is 10.3 Å². The van der Waals surface area contributed by atoms with Crippen LogP contribution in [-0.4, -0.2) is 24.5 Å². The molecule has 37 heavy (non-hydrogen) atoms. The Hall–Kier alpha value is -3.87. The number of carbonyl (C=O) groups excluding carboxylic acids is 1. The van der Waals surface area contributed by atoms with Gasteiger partial charge in [0.15, 0.2) is 0 Å². The molecule has 0 aliphatic rings. The van der Waals surface area contributed by atoms with Crippen molar-refractivity contribution in [2.45, 2.75) is 13.3 Å². The number of aryl methyl sites for hydroxylation is 1. The van der Waals surface area contributed by atoms with Gasteiger partial charge in [0.05, 0.1) is 18.5 Å². The summed E-state index contributed by atoms with van der Waals surface area (Å²) in [5, 5.41) is 4.48. The van der Waals surface area contributed by atoms with Gasteiger partial charge in [0, 0.05) is 22.5 Å². The number of pyridine rings is 1. The topological polar surface area (TPSA) is 77.2 Å². The number of aromatic nitrogens is 1. The number of nitrogen functional groups attached to an aromatic ring is 1. The molecule has 0 saturated heterocycles. The minimum Gasteiger partial charge on any atom is -0.497 e. The van der Waals surface area contributed by atoms with Gasteiger partial charge in [-0.15, -0.1) is 11.3 Å². The zero-order valence-corrected chi connectivity index (χ0v) is 22.1. The molecule has 186 valence electrons. The summed E-state index contributed by atoms with van der Waals surface area (Å²) >= 11 is 7.39. The third-order valence-electron chi connectivity index (χ3n) is 6.24. The number of amides is 1. The van der Waals surface area contributed by atoms with Gasteiger partial charge in [-0.1, -0.05) is 53.6 Å². The summed E-state index contributed by atoms with van der Waals surface area (Å²) < 4.78 is 5.31. The number of ether oxygens (including phenoxy) is 1. The molecule has 5 rings (SSSR count). The smallest absolute Gasteiger partial charge is 0.263 e. The van der Waals surface area contributed by atoms with Crippen LogP contribution in [0.1, 0.15) is 20.8 Å². The van der Waals surface area contributed by atoms with E-state index in [2.05, 4.69) is 36.5 Å². The summed E-state index contributed by atoms with van der Waals surface area (Å²) in [5.74, 6) is 0.573. The van der Waals surface area contributed by atoms with E-state index >= 15 is 0 Å². The minimum absolute atomic E-state index is 0.205. The Kier molecular flexibility index (Phi) is 7.12. The molecule has 1 amide bonds. The molecule has 3 aromatic carbocycles. The molecule has 0 spiro atoms. The zero-order valence-electron chi connectivity index (χ0n) is 20.5. The fourth-order valence-corrected chi connectivity index (χ4v) is 5.50. The van der Waals surface area contributed by atoms with Gasteiger partial charge in [-0.25, -0.2) is 4.98 Å². The number of fused-ring (bicyclic) bond motifs is 1. The third-order valence-corrected chi connectivity index (χ3v) is 7.58. The largest absolute Gasteiger partial charge is 0.497 e. The highest BCUT2D eigenvalue weighted by atomic mass is 35.5. The number of carbonyl (C=O) groups is 1. The maximum absolute atomic E-state index is 13.2. The molecule has 0 aliphatic carbocycles. The molecule has 5 nitrogen and oxygen atoms in total. The second kappa shape index (κ2) is 10.6. The van der Waals surface area contributed by atoms with Crippen LogP contribution in [0.15, 0.2) is 78.9 Å². The van der Waals surface area contributed by atoms with Crippen molar-refractivity contribution in [2.24, 2.45) is 0 Å². The van der Waals surface area contributed by atoms with Crippen LogP contribution in [0.4, 0.5) is 5.69 Å². The van der Waals surface area contributed by atoms with Crippen molar-refractivity contribution in [1.29, 1.82) is 0 Å². The normalized spacial score (nSPS) is 11.0. The van der Waals surface area contributed by atoms with Crippen molar-refractivity contribution >= 4 is 44.7 Å². The van der Waals surface area contributed by atoms with Crippen LogP contribution in [0.25, 0.3) is 32.6 Å². The number of nitrogens with one attached hydrogen (secondary N) is 1. The van der Waals surface area contributed by atoms with E-state index in [0.717, 1.165) is 43.9 Å². The first-order valence-corrected chi connectivity index (χ1v) is 13.1. The molecule has 7 heteroatoms. The van der Waals surface area contributed by atoms with Gasteiger partial charge in [0.1, 0.15) is 15.5 Å². The summed E-state index contributed by atoms with van der Waals surface area (Å²) in [6.45, 7) is 2.53. The number of hydrogen-bond donors (Lipinski definition) is 2. The SMILES string of the molecule is COc1ccc(-c2cc(-c3ccc(C)cc3)c3c(N)c(C(=O)NCCc4cccc(Cl)c4)sc3n2)cc1. The Morgan fingerprint density at radius 2 is 1.76 bits per heavy atom. The number of hydrogen-bond acceptors (Lipinski definition) is 5. The van der Waals surface area contributed by atoms with E-state index in [9.17, 15) is 4.79 Å². The first-order valence-electron chi connectivity index (χ1n) is 11.9. The molecule has 2 aromatic heterocycles. The average molecular weight is 528 g/mol. The van der Waals surface area contributed by atoms with Crippen molar-refractivity contribution < 1.29 is 9.53 Å². The van der Waals surface area contributed by atoms with E-state index in [1.54, 1.807) is 7.11 Å². The van der Waals surface area contributed by atoms with E-state index in [1.807, 2.05) is 54.6 Å². The Labute approximate surface area is 224 Å². The fraction of sp³-hybridized carbons (Fsp3) is 0.133. The van der Waals surface area contributed by atoms with Crippen LogP contribution in [0.2, 0.25) is 5.02 Å². The van der Waals surface area contributed by atoms with Gasteiger partial charge in [0.2, 0.25) is 0 Å². The Balaban J connectivity index is 1.52. The first kappa shape index (κ1) is 24.8. The number of halogens is 1. The van der Waals surface area contributed by atoms with E-state index < -0.39 is 0 Å². The van der Waals surface area contributed by atoms with Gasteiger partial charge in [-0.05, 0) is 72.5 Å². The van der Waals surface area contributed by atoms with Gasteiger partial charge in [-0.2, -0.15) is 0 Å². The Morgan fingerprint density at radius 3 is 2.46 bits per heavy atom. The van der Waals surface area contributed by atoms with Crippen LogP contribution < -0.4 is 15.8 Å². The van der Waals surface area contributed by atoms with Crippen LogP contribution in [0.3, 0.4) is 0 Å². The van der Waals surface area contributed by atoms with Crippen molar-refractivity contribution in [3.8, 4) is 28.1 Å². The van der Waals surface area contributed by atoms with Gasteiger partial charge in [0.25, 0.3) is 5.91 Å². The monoisotopic (exact) mass is 527 g/mol. The van der Waals surface area contributed by atoms with E-state index in [0.29, 0.717) is 28.6 Å². The van der Waals surface area contributed by atoms with Crippen LogP contribution in [-0.2, 0) is 6.42 Å².